The first-order valence-electron chi connectivity index (χ1n) is 7.22. The van der Waals surface area contributed by atoms with E-state index in [1.54, 1.807) is 0 Å². The first-order chi connectivity index (χ1) is 10.8. The number of nitrogens with one attached hydrogen (secondary N) is 2. The molecule has 12 heteroatoms. The third kappa shape index (κ3) is 4.51. The van der Waals surface area contributed by atoms with Gasteiger partial charge >= 0.3 is 16.4 Å². The van der Waals surface area contributed by atoms with Gasteiger partial charge in [-0.25, -0.2) is 10.3 Å². The molecular weight excluding hydrogens is 332 g/mol. The number of carbonyl (C=O) groups is 2. The largest absolute Gasteiger partial charge is 0.418 e. The molecule has 3 amide bonds. The molecule has 2 aliphatic rings. The summed E-state index contributed by atoms with van der Waals surface area (Å²) in [5.41, 5.74) is 2.28. The van der Waals surface area contributed by atoms with Crippen LogP contribution in [0.15, 0.2) is 0 Å². The van der Waals surface area contributed by atoms with Gasteiger partial charge in [0.15, 0.2) is 0 Å². The number of piperidine rings is 1. The summed E-state index contributed by atoms with van der Waals surface area (Å²) in [6.07, 6.45) is 0.706. The molecule has 0 aromatic carbocycles. The predicted octanol–water partition coefficient (Wildman–Crippen LogP) is -1.35. The zero-order chi connectivity index (χ0) is 17.0. The molecule has 3 N–H and O–H groups in total. The quantitative estimate of drug-likeness (QED) is 0.277. The van der Waals surface area contributed by atoms with Crippen molar-refractivity contribution in [1.29, 1.82) is 0 Å². The van der Waals surface area contributed by atoms with Crippen molar-refractivity contribution in [3.8, 4) is 0 Å². The number of likely N-dealkylation sites (N-methyl/N-ethyl adjacent to an activating group) is 1. The fourth-order valence-corrected chi connectivity index (χ4v) is 2.98. The van der Waals surface area contributed by atoms with E-state index in [9.17, 15) is 18.0 Å². The summed E-state index contributed by atoms with van der Waals surface area (Å²) >= 11 is 0. The number of hydroxylamine groups is 3. The highest BCUT2D eigenvalue weighted by atomic mass is 32.3. The van der Waals surface area contributed by atoms with E-state index in [4.69, 9.17) is 9.39 Å². The number of fused-ring (bicyclic) bond motifs is 2. The van der Waals surface area contributed by atoms with Crippen molar-refractivity contribution in [3.63, 3.8) is 0 Å². The molecule has 132 valence electrons. The van der Waals surface area contributed by atoms with E-state index in [2.05, 4.69) is 15.1 Å². The monoisotopic (exact) mass is 352 g/mol. The van der Waals surface area contributed by atoms with Crippen molar-refractivity contribution in [3.05, 3.63) is 0 Å². The number of carbonyl (C=O) groups excluding carboxylic acids is 2. The Balaban J connectivity index is 1.89. The van der Waals surface area contributed by atoms with Gasteiger partial charge in [0.2, 0.25) is 0 Å². The maximum Gasteiger partial charge on any atom is 0.418 e. The number of urea groups is 1. The summed E-state index contributed by atoms with van der Waals surface area (Å²) in [6, 6.07) is -2.08. The van der Waals surface area contributed by atoms with Gasteiger partial charge in [0, 0.05) is 13.1 Å². The van der Waals surface area contributed by atoms with E-state index < -0.39 is 34.4 Å². The molecule has 2 unspecified atom stereocenters. The van der Waals surface area contributed by atoms with Gasteiger partial charge < -0.3 is 10.2 Å². The van der Waals surface area contributed by atoms with E-state index in [1.165, 1.54) is 4.90 Å². The first-order valence-corrected chi connectivity index (χ1v) is 8.59. The van der Waals surface area contributed by atoms with Gasteiger partial charge in [-0.15, -0.1) is 4.28 Å². The lowest BCUT2D eigenvalue weighted by molar-refractivity contribution is -0.138. The lowest BCUT2D eigenvalue weighted by Gasteiger charge is -2.28. The molecule has 23 heavy (non-hydrogen) atoms. The van der Waals surface area contributed by atoms with Crippen LogP contribution in [0.1, 0.15) is 19.8 Å². The standard InChI is InChI=1S/C11H20N4O7S/c1-2-12-5-6-21-13-10(16)9-4-3-8-7-14(9)11(17)15(8)22-23(18,19)20/h8-9,12H,2-7H2,1H3,(H,13,16)(H,18,19,20). The molecule has 0 aromatic rings. The Labute approximate surface area is 133 Å². The minimum Gasteiger partial charge on any atom is -0.315 e. The van der Waals surface area contributed by atoms with Crippen molar-refractivity contribution in [2.45, 2.75) is 31.8 Å². The maximum atomic E-state index is 12.1. The van der Waals surface area contributed by atoms with Crippen LogP contribution in [0.25, 0.3) is 0 Å². The second-order valence-electron chi connectivity index (χ2n) is 5.18. The van der Waals surface area contributed by atoms with Crippen LogP contribution >= 0.6 is 0 Å². The van der Waals surface area contributed by atoms with Crippen LogP contribution in [0.5, 0.6) is 0 Å². The van der Waals surface area contributed by atoms with Gasteiger partial charge in [-0.05, 0) is 19.4 Å². The molecule has 2 heterocycles. The molecule has 0 aromatic heterocycles. The molecule has 0 radical (unpaired) electrons. The van der Waals surface area contributed by atoms with Gasteiger partial charge in [-0.2, -0.15) is 13.5 Å². The highest BCUT2D eigenvalue weighted by molar-refractivity contribution is 7.80. The maximum absolute atomic E-state index is 12.1. The van der Waals surface area contributed by atoms with Crippen LogP contribution < -0.4 is 10.8 Å². The average Bonchev–Trinajstić information content (AvgIpc) is 2.71. The molecule has 2 atom stereocenters. The van der Waals surface area contributed by atoms with Gasteiger partial charge in [0.1, 0.15) is 6.04 Å². The topological polar surface area (TPSA) is 138 Å². The Kier molecular flexibility index (Phi) is 5.75. The Bertz CT molecular complexity index is 555. The van der Waals surface area contributed by atoms with Gasteiger partial charge in [0.25, 0.3) is 5.91 Å². The molecule has 11 nitrogen and oxygen atoms in total. The highest BCUT2D eigenvalue weighted by Crippen LogP contribution is 2.30. The molecule has 0 saturated carbocycles. The van der Waals surface area contributed by atoms with Crippen LogP contribution in [-0.2, 0) is 24.3 Å². The van der Waals surface area contributed by atoms with Crippen molar-refractivity contribution in [2.75, 3.05) is 26.2 Å². The van der Waals surface area contributed by atoms with E-state index in [1.807, 2.05) is 6.92 Å². The molecule has 2 bridgehead atoms. The number of nitrogens with zero attached hydrogens (tertiary/aromatic N) is 2. The summed E-state index contributed by atoms with van der Waals surface area (Å²) in [4.78, 5) is 30.4. The lowest BCUT2D eigenvalue weighted by Crippen LogP contribution is -2.50. The van der Waals surface area contributed by atoms with Crippen LogP contribution in [0.2, 0.25) is 0 Å². The van der Waals surface area contributed by atoms with Crippen molar-refractivity contribution >= 4 is 22.3 Å². The summed E-state index contributed by atoms with van der Waals surface area (Å²) in [6.45, 7) is 3.72. The predicted molar refractivity (Wildman–Crippen MR) is 76.0 cm³/mol. The summed E-state index contributed by atoms with van der Waals surface area (Å²) in [5, 5.41) is 3.61. The Hall–Kier alpha value is -1.47. The summed E-state index contributed by atoms with van der Waals surface area (Å²) < 4.78 is 34.5. The van der Waals surface area contributed by atoms with E-state index in [0.29, 0.717) is 24.4 Å². The van der Waals surface area contributed by atoms with Crippen LogP contribution in [0, 0.1) is 0 Å². The number of rotatable bonds is 8. The molecule has 0 aliphatic carbocycles. The average molecular weight is 352 g/mol. The molecule has 2 fully saturated rings. The highest BCUT2D eigenvalue weighted by Gasteiger charge is 2.49. The van der Waals surface area contributed by atoms with E-state index >= 15 is 0 Å². The Morgan fingerprint density at radius 2 is 2.17 bits per heavy atom. The van der Waals surface area contributed by atoms with Crippen LogP contribution in [0.3, 0.4) is 0 Å². The van der Waals surface area contributed by atoms with Gasteiger partial charge in [0.05, 0.1) is 12.6 Å². The minimum absolute atomic E-state index is 0.143. The second kappa shape index (κ2) is 7.40. The molecule has 2 saturated heterocycles. The zero-order valence-corrected chi connectivity index (χ0v) is 13.4. The van der Waals surface area contributed by atoms with E-state index in [0.717, 1.165) is 6.54 Å². The Morgan fingerprint density at radius 1 is 1.43 bits per heavy atom. The minimum atomic E-state index is -4.79. The van der Waals surface area contributed by atoms with Crippen molar-refractivity contribution in [1.82, 2.24) is 20.8 Å². The van der Waals surface area contributed by atoms with E-state index in [-0.39, 0.29) is 13.2 Å². The van der Waals surface area contributed by atoms with Gasteiger partial charge in [-0.3, -0.25) is 14.2 Å². The number of hydrogen-bond acceptors (Lipinski definition) is 7. The first kappa shape index (κ1) is 17.9. The smallest absolute Gasteiger partial charge is 0.315 e. The third-order valence-corrected chi connectivity index (χ3v) is 3.95. The fourth-order valence-electron chi connectivity index (χ4n) is 2.59. The number of amides is 3. The molecule has 2 rings (SSSR count). The normalized spacial score (nSPS) is 24.2. The SMILES string of the molecule is CCNCCONC(=O)C1CCC2CN1C(=O)N2OS(=O)(=O)O. The Morgan fingerprint density at radius 3 is 2.83 bits per heavy atom. The fraction of sp³-hybridized carbons (Fsp3) is 0.818. The van der Waals surface area contributed by atoms with Crippen molar-refractivity contribution in [2.24, 2.45) is 0 Å². The molecule has 0 spiro atoms. The summed E-state index contributed by atoms with van der Waals surface area (Å²) in [7, 11) is -4.79. The second-order valence-corrected chi connectivity index (χ2v) is 6.18. The zero-order valence-electron chi connectivity index (χ0n) is 12.6. The van der Waals surface area contributed by atoms with Gasteiger partial charge in [-0.1, -0.05) is 6.92 Å². The van der Waals surface area contributed by atoms with Crippen molar-refractivity contribution < 1.29 is 31.7 Å². The van der Waals surface area contributed by atoms with Crippen LogP contribution in [0.4, 0.5) is 4.79 Å². The summed E-state index contributed by atoms with van der Waals surface area (Å²) in [5.74, 6) is -0.484. The molecular formula is C11H20N4O7S. The number of hydrogen-bond donors (Lipinski definition) is 3. The lowest BCUT2D eigenvalue weighted by atomic mass is 10.0. The molecule has 2 aliphatic heterocycles. The third-order valence-electron chi connectivity index (χ3n) is 3.60. The van der Waals surface area contributed by atoms with Crippen LogP contribution in [-0.4, -0.2) is 73.2 Å².